The van der Waals surface area contributed by atoms with Crippen molar-refractivity contribution in [2.75, 3.05) is 25.6 Å². The van der Waals surface area contributed by atoms with E-state index in [1.165, 1.54) is 42.3 Å². The molecule has 1 saturated heterocycles. The van der Waals surface area contributed by atoms with Crippen LogP contribution >= 0.6 is 11.6 Å². The van der Waals surface area contributed by atoms with E-state index in [1.54, 1.807) is 29.8 Å². The van der Waals surface area contributed by atoms with Crippen molar-refractivity contribution in [2.24, 2.45) is 0 Å². The minimum atomic E-state index is -0.942. The standard InChI is InChI=1S/C30H34ClFN6O5/c1-17(27(40)35-24(16-39)18-9-20(32)12-22(10-18)42-4)38-7-6-37-15-19(11-25(37)28(38)41)26-23(31)14-33-29(36-26)34-21-5-8-43-30(2,3)13-21/h6-7,9-12,14-15,17,21,24,39H,5,8,13,16H2,1-4H3,(H,35,40)(H,33,34,36)/t17-,21?,24-/m1/s1. The number of halogens is 2. The minimum Gasteiger partial charge on any atom is -0.497 e. The van der Waals surface area contributed by atoms with Crippen molar-refractivity contribution >= 4 is 29.0 Å². The molecule has 11 nitrogen and oxygen atoms in total. The van der Waals surface area contributed by atoms with Gasteiger partial charge in [0.05, 0.1) is 42.3 Å². The zero-order valence-corrected chi connectivity index (χ0v) is 25.1. The van der Waals surface area contributed by atoms with Gasteiger partial charge in [0.15, 0.2) is 0 Å². The van der Waals surface area contributed by atoms with Crippen LogP contribution in [0.5, 0.6) is 5.75 Å². The van der Waals surface area contributed by atoms with E-state index < -0.39 is 36.0 Å². The molecule has 0 bridgehead atoms. The van der Waals surface area contributed by atoms with Crippen LogP contribution < -0.4 is 20.9 Å². The zero-order chi connectivity index (χ0) is 30.9. The lowest BCUT2D eigenvalue weighted by Gasteiger charge is -2.35. The van der Waals surface area contributed by atoms with Gasteiger partial charge in [0.2, 0.25) is 11.9 Å². The van der Waals surface area contributed by atoms with Crippen LogP contribution in [0.15, 0.2) is 53.8 Å². The number of carbonyl (C=O) groups is 1. The lowest BCUT2D eigenvalue weighted by molar-refractivity contribution is -0.125. The third-order valence-electron chi connectivity index (χ3n) is 7.57. The fraction of sp³-hybridized carbons (Fsp3) is 0.400. The summed E-state index contributed by atoms with van der Waals surface area (Å²) in [4.78, 5) is 35.7. The molecule has 4 heterocycles. The van der Waals surface area contributed by atoms with Crippen LogP contribution in [0.4, 0.5) is 10.3 Å². The van der Waals surface area contributed by atoms with Crippen LogP contribution in [0.25, 0.3) is 16.8 Å². The molecule has 1 aliphatic heterocycles. The van der Waals surface area contributed by atoms with Crippen molar-refractivity contribution in [3.05, 3.63) is 75.8 Å². The van der Waals surface area contributed by atoms with E-state index in [0.717, 1.165) is 12.8 Å². The number of aromatic nitrogens is 4. The Balaban J connectivity index is 1.38. The SMILES string of the molecule is COc1cc(F)cc([C@@H](CO)NC(=O)[C@@H](C)n2ccn3cc(-c4nc(NC5CCOC(C)(C)C5)ncc4Cl)cc3c2=O)c1. The van der Waals surface area contributed by atoms with Gasteiger partial charge in [-0.2, -0.15) is 0 Å². The number of rotatable bonds is 9. The molecular weight excluding hydrogens is 579 g/mol. The van der Waals surface area contributed by atoms with Gasteiger partial charge in [-0.25, -0.2) is 14.4 Å². The number of methoxy groups -OCH3 is 1. The van der Waals surface area contributed by atoms with E-state index in [2.05, 4.69) is 20.6 Å². The Morgan fingerprint density at radius 1 is 1.30 bits per heavy atom. The molecule has 1 aliphatic rings. The van der Waals surface area contributed by atoms with Gasteiger partial charge in [-0.3, -0.25) is 9.59 Å². The molecule has 1 aromatic carbocycles. The monoisotopic (exact) mass is 612 g/mol. The van der Waals surface area contributed by atoms with Crippen LogP contribution in [0, 0.1) is 5.82 Å². The third kappa shape index (κ3) is 6.66. The summed E-state index contributed by atoms with van der Waals surface area (Å²) in [6, 6.07) is 3.88. The van der Waals surface area contributed by atoms with Crippen LogP contribution in [0.1, 0.15) is 51.3 Å². The van der Waals surface area contributed by atoms with E-state index in [0.29, 0.717) is 39.9 Å². The Morgan fingerprint density at radius 3 is 2.81 bits per heavy atom. The van der Waals surface area contributed by atoms with Crippen LogP contribution in [-0.4, -0.2) is 61.9 Å². The Hall–Kier alpha value is -4.00. The molecule has 0 aliphatic carbocycles. The predicted molar refractivity (Wildman–Crippen MR) is 160 cm³/mol. The first-order valence-electron chi connectivity index (χ1n) is 13.9. The number of ether oxygens (including phenoxy) is 2. The molecule has 43 heavy (non-hydrogen) atoms. The highest BCUT2D eigenvalue weighted by Crippen LogP contribution is 2.30. The summed E-state index contributed by atoms with van der Waals surface area (Å²) in [5.74, 6) is -0.429. The molecule has 13 heteroatoms. The second-order valence-corrected chi connectivity index (χ2v) is 11.6. The molecule has 1 fully saturated rings. The molecule has 228 valence electrons. The average Bonchev–Trinajstić information content (AvgIpc) is 3.41. The largest absolute Gasteiger partial charge is 0.497 e. The summed E-state index contributed by atoms with van der Waals surface area (Å²) in [5, 5.41) is 16.3. The highest BCUT2D eigenvalue weighted by Gasteiger charge is 2.29. The number of hydrogen-bond donors (Lipinski definition) is 3. The van der Waals surface area contributed by atoms with Crippen LogP contribution in [0.3, 0.4) is 0 Å². The van der Waals surface area contributed by atoms with Gasteiger partial charge in [-0.05, 0) is 57.4 Å². The zero-order valence-electron chi connectivity index (χ0n) is 24.3. The Morgan fingerprint density at radius 2 is 2.09 bits per heavy atom. The van der Waals surface area contributed by atoms with Crippen molar-refractivity contribution in [2.45, 2.75) is 57.3 Å². The summed E-state index contributed by atoms with van der Waals surface area (Å²) in [6.07, 6.45) is 8.04. The summed E-state index contributed by atoms with van der Waals surface area (Å²) in [6.45, 7) is 5.81. The maximum atomic E-state index is 14.0. The highest BCUT2D eigenvalue weighted by molar-refractivity contribution is 6.32. The number of nitrogens with zero attached hydrogens (tertiary/aromatic N) is 4. The lowest BCUT2D eigenvalue weighted by Crippen LogP contribution is -2.40. The van der Waals surface area contributed by atoms with Crippen LogP contribution in [0.2, 0.25) is 5.02 Å². The third-order valence-corrected chi connectivity index (χ3v) is 7.84. The summed E-state index contributed by atoms with van der Waals surface area (Å²) in [5.41, 5.74) is 1.04. The van der Waals surface area contributed by atoms with Crippen molar-refractivity contribution in [3.8, 4) is 17.0 Å². The number of aliphatic hydroxyl groups excluding tert-OH is 1. The topological polar surface area (TPSA) is 132 Å². The van der Waals surface area contributed by atoms with Gasteiger partial charge in [0.1, 0.15) is 23.1 Å². The second kappa shape index (κ2) is 12.3. The summed E-state index contributed by atoms with van der Waals surface area (Å²) < 4.78 is 27.9. The van der Waals surface area contributed by atoms with Gasteiger partial charge in [-0.1, -0.05) is 11.6 Å². The molecule has 0 saturated carbocycles. The Kier molecular flexibility index (Phi) is 8.72. The number of hydrogen-bond acceptors (Lipinski definition) is 8. The van der Waals surface area contributed by atoms with Crippen molar-refractivity contribution in [1.29, 1.82) is 0 Å². The van der Waals surface area contributed by atoms with E-state index in [-0.39, 0.29) is 17.4 Å². The molecule has 3 atom stereocenters. The fourth-order valence-corrected chi connectivity index (χ4v) is 5.49. The van der Waals surface area contributed by atoms with Crippen molar-refractivity contribution in [3.63, 3.8) is 0 Å². The van der Waals surface area contributed by atoms with Gasteiger partial charge >= 0.3 is 0 Å². The number of carbonyl (C=O) groups excluding carboxylic acids is 1. The minimum absolute atomic E-state index is 0.138. The molecule has 0 radical (unpaired) electrons. The molecule has 3 aromatic heterocycles. The number of benzene rings is 1. The first-order chi connectivity index (χ1) is 20.5. The quantitative estimate of drug-likeness (QED) is 0.257. The maximum absolute atomic E-state index is 14.0. The molecule has 0 spiro atoms. The van der Waals surface area contributed by atoms with Crippen molar-refractivity contribution in [1.82, 2.24) is 24.3 Å². The van der Waals surface area contributed by atoms with Crippen LogP contribution in [-0.2, 0) is 9.53 Å². The normalized spacial score (nSPS) is 17.8. The summed E-state index contributed by atoms with van der Waals surface area (Å²) in [7, 11) is 1.39. The first kappa shape index (κ1) is 30.5. The number of aliphatic hydroxyl groups is 1. The Labute approximate surface area is 252 Å². The number of nitrogens with one attached hydrogen (secondary N) is 2. The predicted octanol–water partition coefficient (Wildman–Crippen LogP) is 4.14. The van der Waals surface area contributed by atoms with Gasteiger partial charge in [0.25, 0.3) is 5.56 Å². The molecule has 1 amide bonds. The highest BCUT2D eigenvalue weighted by atomic mass is 35.5. The Bertz CT molecular complexity index is 1710. The smallest absolute Gasteiger partial charge is 0.275 e. The van der Waals surface area contributed by atoms with Gasteiger partial charge < -0.3 is 34.2 Å². The molecule has 5 rings (SSSR count). The number of amides is 1. The van der Waals surface area contributed by atoms with E-state index in [1.807, 2.05) is 13.8 Å². The van der Waals surface area contributed by atoms with E-state index in [4.69, 9.17) is 21.1 Å². The molecule has 3 N–H and O–H groups in total. The molecular formula is C30H34ClFN6O5. The average molecular weight is 613 g/mol. The maximum Gasteiger partial charge on any atom is 0.275 e. The number of fused-ring (bicyclic) bond motifs is 1. The van der Waals surface area contributed by atoms with Crippen molar-refractivity contribution < 1.29 is 23.8 Å². The molecule has 1 unspecified atom stereocenters. The fourth-order valence-electron chi connectivity index (χ4n) is 5.29. The van der Waals surface area contributed by atoms with E-state index >= 15 is 0 Å². The molecule has 4 aromatic rings. The van der Waals surface area contributed by atoms with Gasteiger partial charge in [-0.15, -0.1) is 0 Å². The van der Waals surface area contributed by atoms with Gasteiger partial charge in [0, 0.05) is 42.9 Å². The summed E-state index contributed by atoms with van der Waals surface area (Å²) >= 11 is 6.48. The lowest BCUT2D eigenvalue weighted by atomic mass is 9.94. The first-order valence-corrected chi connectivity index (χ1v) is 14.3. The van der Waals surface area contributed by atoms with E-state index in [9.17, 15) is 19.1 Å². The number of anilines is 1. The second-order valence-electron chi connectivity index (χ2n) is 11.2.